The molecule has 40 heavy (non-hydrogen) atoms. The number of rotatable bonds is 6. The van der Waals surface area contributed by atoms with Gasteiger partial charge < -0.3 is 26.0 Å². The van der Waals surface area contributed by atoms with Gasteiger partial charge in [-0.1, -0.05) is 31.7 Å². The molecule has 4 heterocycles. The van der Waals surface area contributed by atoms with Gasteiger partial charge in [0, 0.05) is 30.1 Å². The number of aromatic nitrogens is 2. The molecule has 2 bridgehead atoms. The van der Waals surface area contributed by atoms with Crippen molar-refractivity contribution in [1.82, 2.24) is 30.6 Å². The molecule has 3 aliphatic heterocycles. The lowest BCUT2D eigenvalue weighted by molar-refractivity contribution is -0.123. The van der Waals surface area contributed by atoms with Crippen molar-refractivity contribution in [3.05, 3.63) is 29.5 Å². The van der Waals surface area contributed by atoms with E-state index in [0.29, 0.717) is 16.8 Å². The van der Waals surface area contributed by atoms with Gasteiger partial charge in [-0.15, -0.1) is 0 Å². The molecule has 5 aliphatic rings. The van der Waals surface area contributed by atoms with Crippen molar-refractivity contribution >= 4 is 35.2 Å². The summed E-state index contributed by atoms with van der Waals surface area (Å²) in [5.41, 5.74) is 1.66. The van der Waals surface area contributed by atoms with Crippen LogP contribution in [0.3, 0.4) is 0 Å². The number of piperidine rings is 3. The van der Waals surface area contributed by atoms with Crippen molar-refractivity contribution in [2.75, 3.05) is 19.6 Å². The number of nitrogens with zero attached hydrogens (tertiary/aromatic N) is 3. The van der Waals surface area contributed by atoms with Gasteiger partial charge in [-0.25, -0.2) is 4.79 Å². The van der Waals surface area contributed by atoms with E-state index >= 15 is 0 Å². The Labute approximate surface area is 234 Å². The number of carbonyl (C=O) groups is 4. The summed E-state index contributed by atoms with van der Waals surface area (Å²) in [7, 11) is 0. The molecule has 2 aromatic rings. The van der Waals surface area contributed by atoms with Crippen LogP contribution in [-0.2, 0) is 16.0 Å². The molecule has 11 heteroatoms. The Kier molecular flexibility index (Phi) is 8.98. The Morgan fingerprint density at radius 3 is 2.15 bits per heavy atom. The summed E-state index contributed by atoms with van der Waals surface area (Å²) in [4.78, 5) is 50.2. The van der Waals surface area contributed by atoms with Crippen molar-refractivity contribution < 1.29 is 24.3 Å². The van der Waals surface area contributed by atoms with Gasteiger partial charge in [-0.2, -0.15) is 9.78 Å². The number of carbonyl (C=O) groups excluding carboxylic acids is 3. The summed E-state index contributed by atoms with van der Waals surface area (Å²) >= 11 is 0. The van der Waals surface area contributed by atoms with Crippen LogP contribution in [0.25, 0.3) is 10.9 Å². The third-order valence-corrected chi connectivity index (χ3v) is 8.89. The molecule has 5 fully saturated rings. The second-order valence-corrected chi connectivity index (χ2v) is 11.6. The molecule has 7 rings (SSSR count). The second-order valence-electron chi connectivity index (χ2n) is 11.6. The number of carboxylic acid groups (broad SMARTS) is 1. The van der Waals surface area contributed by atoms with E-state index in [4.69, 9.17) is 9.90 Å². The first-order valence-electron chi connectivity index (χ1n) is 14.7. The number of benzene rings is 1. The summed E-state index contributed by atoms with van der Waals surface area (Å²) in [5.74, 6) is 0.238. The zero-order chi connectivity index (χ0) is 28.1. The Bertz CT molecular complexity index is 1220. The van der Waals surface area contributed by atoms with E-state index in [9.17, 15) is 14.4 Å². The minimum Gasteiger partial charge on any atom is -0.483 e. The van der Waals surface area contributed by atoms with Gasteiger partial charge >= 0.3 is 6.03 Å². The molecule has 1 aromatic carbocycles. The molecule has 11 nitrogen and oxygen atoms in total. The topological polar surface area (TPSA) is 146 Å². The quantitative estimate of drug-likeness (QED) is 0.403. The normalized spacial score (nSPS) is 24.4. The fraction of sp³-hybridized carbons (Fsp3) is 0.621. The van der Waals surface area contributed by atoms with E-state index in [1.807, 2.05) is 18.2 Å². The van der Waals surface area contributed by atoms with Crippen molar-refractivity contribution in [1.29, 1.82) is 0 Å². The largest absolute Gasteiger partial charge is 0.483 e. The van der Waals surface area contributed by atoms with Crippen LogP contribution in [0, 0.1) is 5.92 Å². The highest BCUT2D eigenvalue weighted by molar-refractivity contribution is 6.07. The maximum Gasteiger partial charge on any atom is 0.342 e. The van der Waals surface area contributed by atoms with E-state index in [-0.39, 0.29) is 54.6 Å². The van der Waals surface area contributed by atoms with Crippen LogP contribution in [0.2, 0.25) is 0 Å². The van der Waals surface area contributed by atoms with Crippen molar-refractivity contribution in [2.45, 2.75) is 88.8 Å². The van der Waals surface area contributed by atoms with E-state index in [0.717, 1.165) is 89.4 Å². The Morgan fingerprint density at radius 2 is 1.55 bits per heavy atom. The lowest BCUT2D eigenvalue weighted by atomic mass is 9.84. The standard InChI is InChI=1S/C28H38N6O3.CH2O2/c35-25(29-20-5-1-2-6-20)16-18-9-10-24-22(15-18)26(32-34(24)28(37)30-21-7-3-4-8-21)27(36)31-23-17-33-13-11-19(23)12-14-33;2-1-3/h9-10,15,19-21,23H,1-8,11-14,16-17H2,(H,29,35)(H,30,37)(H,31,36);1H,(H,2,3)/t23-;/m0./s1. The summed E-state index contributed by atoms with van der Waals surface area (Å²) in [6.07, 6.45) is 11.0. The van der Waals surface area contributed by atoms with Gasteiger partial charge in [-0.3, -0.25) is 14.4 Å². The highest BCUT2D eigenvalue weighted by atomic mass is 16.3. The second kappa shape index (κ2) is 12.8. The maximum atomic E-state index is 13.5. The van der Waals surface area contributed by atoms with Crippen LogP contribution < -0.4 is 16.0 Å². The van der Waals surface area contributed by atoms with Gasteiger partial charge in [-0.05, 0) is 75.2 Å². The molecule has 216 valence electrons. The molecule has 3 saturated heterocycles. The summed E-state index contributed by atoms with van der Waals surface area (Å²) in [6, 6.07) is 5.76. The van der Waals surface area contributed by atoms with Gasteiger partial charge in [0.2, 0.25) is 5.91 Å². The van der Waals surface area contributed by atoms with Crippen LogP contribution in [0.1, 0.15) is 80.3 Å². The SMILES string of the molecule is O=C(Cc1ccc2c(c1)c(C(=O)N[C@H]1CN3CCC1CC3)nn2C(=O)NC1CCCC1)NC1CCCC1.O=CO. The molecule has 1 aromatic heterocycles. The van der Waals surface area contributed by atoms with Gasteiger partial charge in [0.05, 0.1) is 11.9 Å². The van der Waals surface area contributed by atoms with Gasteiger partial charge in [0.1, 0.15) is 0 Å². The first kappa shape index (κ1) is 28.1. The third kappa shape index (κ3) is 6.46. The maximum absolute atomic E-state index is 13.5. The Hall–Kier alpha value is -3.47. The van der Waals surface area contributed by atoms with Gasteiger partial charge in [0.15, 0.2) is 5.69 Å². The minimum atomic E-state index is -0.300. The molecular weight excluding hydrogens is 512 g/mol. The average Bonchev–Trinajstić information content (AvgIpc) is 3.71. The van der Waals surface area contributed by atoms with Gasteiger partial charge in [0.25, 0.3) is 12.4 Å². The minimum absolute atomic E-state index is 0.00380. The molecule has 3 amide bonds. The van der Waals surface area contributed by atoms with Crippen molar-refractivity contribution in [3.63, 3.8) is 0 Å². The summed E-state index contributed by atoms with van der Waals surface area (Å²) in [5, 5.41) is 21.5. The number of hydrogen-bond acceptors (Lipinski definition) is 6. The van der Waals surface area contributed by atoms with Crippen molar-refractivity contribution in [2.24, 2.45) is 5.92 Å². The zero-order valence-electron chi connectivity index (χ0n) is 22.9. The predicted octanol–water partition coefficient (Wildman–Crippen LogP) is 2.66. The molecule has 2 saturated carbocycles. The first-order chi connectivity index (χ1) is 19.4. The van der Waals surface area contributed by atoms with E-state index in [2.05, 4.69) is 25.9 Å². The lowest BCUT2D eigenvalue weighted by Crippen LogP contribution is -2.57. The van der Waals surface area contributed by atoms with Crippen LogP contribution in [0.15, 0.2) is 18.2 Å². The number of nitrogens with one attached hydrogen (secondary N) is 3. The molecule has 4 N–H and O–H groups in total. The van der Waals surface area contributed by atoms with E-state index < -0.39 is 0 Å². The number of hydrogen-bond donors (Lipinski definition) is 4. The highest BCUT2D eigenvalue weighted by Gasteiger charge is 2.36. The zero-order valence-corrected chi connectivity index (χ0v) is 22.9. The van der Waals surface area contributed by atoms with E-state index in [1.165, 1.54) is 4.68 Å². The lowest BCUT2D eigenvalue weighted by Gasteiger charge is -2.44. The Morgan fingerprint density at radius 1 is 0.925 bits per heavy atom. The predicted molar refractivity (Wildman–Crippen MR) is 149 cm³/mol. The molecule has 0 unspecified atom stereocenters. The molecule has 0 spiro atoms. The first-order valence-corrected chi connectivity index (χ1v) is 14.7. The number of amides is 3. The molecule has 2 aliphatic carbocycles. The van der Waals surface area contributed by atoms with Crippen LogP contribution in [0.5, 0.6) is 0 Å². The molecule has 0 radical (unpaired) electrons. The van der Waals surface area contributed by atoms with E-state index in [1.54, 1.807) is 0 Å². The highest BCUT2D eigenvalue weighted by Crippen LogP contribution is 2.29. The fourth-order valence-corrected chi connectivity index (χ4v) is 6.80. The fourth-order valence-electron chi connectivity index (χ4n) is 6.80. The smallest absolute Gasteiger partial charge is 0.342 e. The van der Waals surface area contributed by atoms with Crippen molar-refractivity contribution in [3.8, 4) is 0 Å². The number of fused-ring (bicyclic) bond motifs is 4. The van der Waals surface area contributed by atoms with Crippen LogP contribution in [-0.4, -0.2) is 81.9 Å². The van der Waals surface area contributed by atoms with Crippen LogP contribution in [0.4, 0.5) is 4.79 Å². The average molecular weight is 553 g/mol. The van der Waals surface area contributed by atoms with Crippen LogP contribution >= 0.6 is 0 Å². The molecular formula is C29H40N6O5. The summed E-state index contributed by atoms with van der Waals surface area (Å²) < 4.78 is 1.33. The third-order valence-electron chi connectivity index (χ3n) is 8.89. The Balaban J connectivity index is 0.00000103. The summed E-state index contributed by atoms with van der Waals surface area (Å²) in [6.45, 7) is 2.81. The monoisotopic (exact) mass is 552 g/mol. The molecule has 1 atom stereocenters.